The van der Waals surface area contributed by atoms with Crippen LogP contribution in [0.25, 0.3) is 11.3 Å². The van der Waals surface area contributed by atoms with Crippen LogP contribution in [-0.2, 0) is 4.79 Å². The third kappa shape index (κ3) is 7.27. The molecule has 152 valence electrons. The van der Waals surface area contributed by atoms with Crippen molar-refractivity contribution in [3.05, 3.63) is 72.4 Å². The molecule has 3 rings (SSSR count). The van der Waals surface area contributed by atoms with Gasteiger partial charge in [-0.1, -0.05) is 89.2 Å². The quantitative estimate of drug-likeness (QED) is 0.534. The monoisotopic (exact) mass is 385 g/mol. The Balaban J connectivity index is 0.00000111. The molecular weight excluding hydrogens is 354 g/mol. The number of hydrogen-bond acceptors (Lipinski definition) is 4. The van der Waals surface area contributed by atoms with Crippen LogP contribution in [0.2, 0.25) is 0 Å². The van der Waals surface area contributed by atoms with Crippen molar-refractivity contribution < 1.29 is 19.2 Å². The van der Waals surface area contributed by atoms with Crippen LogP contribution in [0.3, 0.4) is 0 Å². The predicted octanol–water partition coefficient (Wildman–Crippen LogP) is 6.62. The number of ether oxygens (including phenoxy) is 1. The molecular formula is C23H31NO4. The van der Waals surface area contributed by atoms with E-state index < -0.39 is 12.1 Å². The fraction of sp³-hybridized carbons (Fsp3) is 0.304. The summed E-state index contributed by atoms with van der Waals surface area (Å²) in [5, 5.41) is 13.1. The van der Waals surface area contributed by atoms with Gasteiger partial charge in [0.2, 0.25) is 6.10 Å². The number of nitrogens with zero attached hydrogens (tertiary/aromatic N) is 1. The molecule has 1 atom stereocenters. The first kappa shape index (κ1) is 24.9. The summed E-state index contributed by atoms with van der Waals surface area (Å²) in [5.41, 5.74) is 1.23. The summed E-state index contributed by atoms with van der Waals surface area (Å²) in [7, 11) is 0. The number of benzene rings is 2. The van der Waals surface area contributed by atoms with E-state index in [-0.39, 0.29) is 0 Å². The van der Waals surface area contributed by atoms with Crippen LogP contribution in [0.5, 0.6) is 5.75 Å². The van der Waals surface area contributed by atoms with Crippen molar-refractivity contribution in [3.63, 3.8) is 0 Å². The van der Waals surface area contributed by atoms with Crippen molar-refractivity contribution in [1.82, 2.24) is 5.16 Å². The lowest BCUT2D eigenvalue weighted by molar-refractivity contribution is -0.145. The van der Waals surface area contributed by atoms with Gasteiger partial charge in [-0.3, -0.25) is 0 Å². The number of aliphatic carboxylic acids is 1. The Bertz CT molecular complexity index is 755. The van der Waals surface area contributed by atoms with E-state index in [9.17, 15) is 9.90 Å². The lowest BCUT2D eigenvalue weighted by Crippen LogP contribution is -2.18. The van der Waals surface area contributed by atoms with E-state index in [1.165, 1.54) is 6.20 Å². The molecule has 0 saturated heterocycles. The summed E-state index contributed by atoms with van der Waals surface area (Å²) in [6, 6.07) is 17.6. The predicted molar refractivity (Wildman–Crippen MR) is 113 cm³/mol. The van der Waals surface area contributed by atoms with E-state index >= 15 is 0 Å². The molecule has 0 aliphatic carbocycles. The highest BCUT2D eigenvalue weighted by atomic mass is 16.5. The number of para-hydroxylation sites is 1. The molecule has 0 saturated carbocycles. The fourth-order valence-corrected chi connectivity index (χ4v) is 2.14. The molecule has 2 aromatic carbocycles. The van der Waals surface area contributed by atoms with Crippen LogP contribution in [0.15, 0.2) is 71.4 Å². The highest BCUT2D eigenvalue weighted by Crippen LogP contribution is 2.32. The van der Waals surface area contributed by atoms with E-state index in [0.717, 1.165) is 0 Å². The maximum Gasteiger partial charge on any atom is 0.349 e. The first-order chi connectivity index (χ1) is 13.8. The summed E-state index contributed by atoms with van der Waals surface area (Å²) < 4.78 is 10.9. The highest BCUT2D eigenvalue weighted by Gasteiger charge is 2.23. The molecule has 0 spiro atoms. The molecule has 5 nitrogen and oxygen atoms in total. The van der Waals surface area contributed by atoms with Crippen LogP contribution in [0, 0.1) is 0 Å². The van der Waals surface area contributed by atoms with Crippen LogP contribution < -0.4 is 4.74 Å². The fourth-order valence-electron chi connectivity index (χ4n) is 2.14. The van der Waals surface area contributed by atoms with Crippen molar-refractivity contribution in [2.75, 3.05) is 0 Å². The zero-order valence-corrected chi connectivity index (χ0v) is 17.5. The molecule has 3 aromatic rings. The van der Waals surface area contributed by atoms with Crippen molar-refractivity contribution in [2.45, 2.75) is 47.6 Å². The van der Waals surface area contributed by atoms with Crippen LogP contribution in [0.1, 0.15) is 53.2 Å². The largest absolute Gasteiger partial charge is 0.478 e. The lowest BCUT2D eigenvalue weighted by Gasteiger charge is -2.17. The molecule has 0 aliphatic heterocycles. The zero-order valence-electron chi connectivity index (χ0n) is 17.5. The molecule has 0 amide bonds. The zero-order chi connectivity index (χ0) is 21.4. The first-order valence-corrected chi connectivity index (χ1v) is 9.70. The average Bonchev–Trinajstić information content (AvgIpc) is 3.32. The van der Waals surface area contributed by atoms with Gasteiger partial charge in [-0.2, -0.15) is 0 Å². The van der Waals surface area contributed by atoms with Gasteiger partial charge in [-0.05, 0) is 12.1 Å². The lowest BCUT2D eigenvalue weighted by atomic mass is 10.1. The second-order valence-electron chi connectivity index (χ2n) is 4.62. The van der Waals surface area contributed by atoms with E-state index in [1.807, 2.05) is 53.7 Å². The third-order valence-corrected chi connectivity index (χ3v) is 3.16. The summed E-state index contributed by atoms with van der Waals surface area (Å²) in [4.78, 5) is 11.5. The Labute approximate surface area is 168 Å². The maximum atomic E-state index is 11.5. The maximum absolute atomic E-state index is 11.5. The van der Waals surface area contributed by atoms with Crippen LogP contribution in [-0.4, -0.2) is 16.2 Å². The second kappa shape index (κ2) is 15.0. The minimum absolute atomic E-state index is 0.426. The minimum atomic E-state index is -1.09. The average molecular weight is 386 g/mol. The SMILES string of the molecule is CC.CC.CC.O=C(O)C(Oc1ccccc1-c1ccno1)c1ccccc1. The molecule has 0 fully saturated rings. The smallest absolute Gasteiger partial charge is 0.349 e. The summed E-state index contributed by atoms with van der Waals surface area (Å²) in [5.74, 6) is -0.109. The topological polar surface area (TPSA) is 72.6 Å². The molecule has 0 radical (unpaired) electrons. The van der Waals surface area contributed by atoms with Crippen molar-refractivity contribution in [3.8, 4) is 17.1 Å². The summed E-state index contributed by atoms with van der Waals surface area (Å²) >= 11 is 0. The Hall–Kier alpha value is -3.08. The molecule has 5 heteroatoms. The van der Waals surface area contributed by atoms with E-state index in [4.69, 9.17) is 9.26 Å². The van der Waals surface area contributed by atoms with Crippen molar-refractivity contribution in [2.24, 2.45) is 0 Å². The van der Waals surface area contributed by atoms with Gasteiger partial charge < -0.3 is 14.4 Å². The van der Waals surface area contributed by atoms with Crippen molar-refractivity contribution >= 4 is 5.97 Å². The Morgan fingerprint density at radius 3 is 2.00 bits per heavy atom. The van der Waals surface area contributed by atoms with Gasteiger partial charge >= 0.3 is 5.97 Å². The van der Waals surface area contributed by atoms with Gasteiger partial charge in [0, 0.05) is 11.6 Å². The number of carboxylic acids is 1. The third-order valence-electron chi connectivity index (χ3n) is 3.16. The molecule has 0 aliphatic rings. The summed E-state index contributed by atoms with van der Waals surface area (Å²) in [6.07, 6.45) is 0.433. The second-order valence-corrected chi connectivity index (χ2v) is 4.62. The Kier molecular flexibility index (Phi) is 13.4. The first-order valence-electron chi connectivity index (χ1n) is 9.70. The highest BCUT2D eigenvalue weighted by molar-refractivity contribution is 5.75. The Morgan fingerprint density at radius 1 is 0.893 bits per heavy atom. The van der Waals surface area contributed by atoms with E-state index in [1.54, 1.807) is 48.5 Å². The van der Waals surface area contributed by atoms with Gasteiger partial charge in [-0.15, -0.1) is 0 Å². The van der Waals surface area contributed by atoms with Gasteiger partial charge in [0.15, 0.2) is 5.76 Å². The number of carboxylic acid groups (broad SMARTS) is 1. The molecule has 28 heavy (non-hydrogen) atoms. The molecule has 1 heterocycles. The van der Waals surface area contributed by atoms with Crippen LogP contribution in [0.4, 0.5) is 0 Å². The van der Waals surface area contributed by atoms with Crippen LogP contribution >= 0.6 is 0 Å². The number of hydrogen-bond donors (Lipinski definition) is 1. The van der Waals surface area contributed by atoms with Crippen molar-refractivity contribution in [1.29, 1.82) is 0 Å². The summed E-state index contributed by atoms with van der Waals surface area (Å²) in [6.45, 7) is 12.0. The molecule has 0 bridgehead atoms. The number of carbonyl (C=O) groups is 1. The standard InChI is InChI=1S/C17H13NO4.3C2H6/c19-17(20)16(12-6-2-1-3-7-12)21-14-9-5-4-8-13(14)15-10-11-18-22-15;3*1-2/h1-11,16H,(H,19,20);3*1-2H3. The van der Waals surface area contributed by atoms with Gasteiger partial charge in [-0.25, -0.2) is 4.79 Å². The Morgan fingerprint density at radius 2 is 1.46 bits per heavy atom. The molecule has 1 N–H and O–H groups in total. The minimum Gasteiger partial charge on any atom is -0.478 e. The van der Waals surface area contributed by atoms with Gasteiger partial charge in [0.1, 0.15) is 5.75 Å². The normalized spacial score (nSPS) is 9.93. The van der Waals surface area contributed by atoms with E-state index in [0.29, 0.717) is 22.6 Å². The molecule has 1 aromatic heterocycles. The molecule has 1 unspecified atom stereocenters. The van der Waals surface area contributed by atoms with Gasteiger partial charge in [0.05, 0.1) is 11.8 Å². The van der Waals surface area contributed by atoms with Gasteiger partial charge in [0.25, 0.3) is 0 Å². The number of aromatic nitrogens is 1. The number of rotatable bonds is 5. The van der Waals surface area contributed by atoms with E-state index in [2.05, 4.69) is 5.16 Å².